The minimum Gasteiger partial charge on any atom is -0.357 e. The zero-order valence-electron chi connectivity index (χ0n) is 14.6. The molecule has 1 unspecified atom stereocenters. The molecule has 0 aromatic carbocycles. The van der Waals surface area contributed by atoms with Crippen LogP contribution in [-0.2, 0) is 0 Å². The number of aromatic nitrogens is 1. The van der Waals surface area contributed by atoms with Gasteiger partial charge >= 0.3 is 0 Å². The Morgan fingerprint density at radius 1 is 1.38 bits per heavy atom. The van der Waals surface area contributed by atoms with Gasteiger partial charge < -0.3 is 15.5 Å². The summed E-state index contributed by atoms with van der Waals surface area (Å²) in [6.45, 7) is 9.13. The molecule has 7 heteroatoms. The molecule has 1 aromatic rings. The number of rotatable bonds is 8. The van der Waals surface area contributed by atoms with Crippen LogP contribution in [0.1, 0.15) is 43.5 Å². The fourth-order valence-electron chi connectivity index (χ4n) is 2.86. The van der Waals surface area contributed by atoms with Crippen molar-refractivity contribution in [3.8, 4) is 0 Å². The number of hydrogen-bond donors (Lipinski definition) is 2. The summed E-state index contributed by atoms with van der Waals surface area (Å²) in [6.07, 6.45) is 5.04. The molecular weight excluding hydrogens is 347 g/mol. The van der Waals surface area contributed by atoms with Gasteiger partial charge in [-0.05, 0) is 57.3 Å². The smallest absolute Gasteiger partial charge is 0.252 e. The number of carbonyl (C=O) groups is 1. The fourth-order valence-corrected chi connectivity index (χ4v) is 2.86. The molecule has 0 saturated carbocycles. The van der Waals surface area contributed by atoms with Crippen LogP contribution >= 0.6 is 24.8 Å². The van der Waals surface area contributed by atoms with E-state index >= 15 is 0 Å². The highest BCUT2D eigenvalue weighted by Crippen LogP contribution is 2.13. The van der Waals surface area contributed by atoms with Crippen molar-refractivity contribution in [2.24, 2.45) is 5.92 Å². The van der Waals surface area contributed by atoms with E-state index in [1.54, 1.807) is 6.20 Å². The Kier molecular flexibility index (Phi) is 11.8. The van der Waals surface area contributed by atoms with E-state index in [9.17, 15) is 4.79 Å². The van der Waals surface area contributed by atoms with Crippen LogP contribution in [0, 0.1) is 5.92 Å². The molecule has 2 N–H and O–H groups in total. The highest BCUT2D eigenvalue weighted by Gasteiger charge is 2.14. The van der Waals surface area contributed by atoms with Gasteiger partial charge in [0.25, 0.3) is 5.91 Å². The molecular formula is C17H30Cl2N4O. The Balaban J connectivity index is 0.00000264. The second kappa shape index (κ2) is 12.3. The third-order valence-corrected chi connectivity index (χ3v) is 4.21. The molecule has 138 valence electrons. The Morgan fingerprint density at radius 3 is 2.71 bits per heavy atom. The van der Waals surface area contributed by atoms with Crippen molar-refractivity contribution in [3.05, 3.63) is 23.9 Å². The summed E-state index contributed by atoms with van der Waals surface area (Å²) < 4.78 is 0. The number of pyridine rings is 1. The van der Waals surface area contributed by atoms with Gasteiger partial charge in [-0.2, -0.15) is 0 Å². The monoisotopic (exact) mass is 376 g/mol. The second-order valence-corrected chi connectivity index (χ2v) is 5.89. The van der Waals surface area contributed by atoms with Crippen molar-refractivity contribution in [2.45, 2.75) is 33.1 Å². The molecule has 2 rings (SSSR count). The largest absolute Gasteiger partial charge is 0.357 e. The van der Waals surface area contributed by atoms with Crippen LogP contribution in [0.25, 0.3) is 0 Å². The van der Waals surface area contributed by atoms with Gasteiger partial charge in [0.2, 0.25) is 0 Å². The lowest BCUT2D eigenvalue weighted by atomic mass is 10.1. The van der Waals surface area contributed by atoms with Crippen molar-refractivity contribution in [2.75, 3.05) is 37.6 Å². The van der Waals surface area contributed by atoms with E-state index in [0.29, 0.717) is 11.5 Å². The molecule has 0 aliphatic carbocycles. The van der Waals surface area contributed by atoms with Crippen molar-refractivity contribution in [1.29, 1.82) is 0 Å². The zero-order chi connectivity index (χ0) is 15.8. The minimum atomic E-state index is -0.0245. The van der Waals surface area contributed by atoms with Gasteiger partial charge in [0, 0.05) is 25.8 Å². The normalized spacial score (nSPS) is 16.0. The van der Waals surface area contributed by atoms with Crippen LogP contribution in [0.3, 0.4) is 0 Å². The standard InChI is InChI=1S/C17H28N4O.2ClH/c1-3-11-21(4-2)16-6-5-15(13-20-16)17(22)19-10-8-14-7-9-18-12-14;;/h5-6,13-14,18H,3-4,7-12H2,1-2H3,(H,19,22);2*1H. The summed E-state index contributed by atoms with van der Waals surface area (Å²) >= 11 is 0. The first-order chi connectivity index (χ1) is 10.7. The first-order valence-electron chi connectivity index (χ1n) is 8.44. The number of nitrogens with zero attached hydrogens (tertiary/aromatic N) is 2. The van der Waals surface area contributed by atoms with Crippen LogP contribution in [0.15, 0.2) is 18.3 Å². The van der Waals surface area contributed by atoms with Crippen molar-refractivity contribution < 1.29 is 4.79 Å². The molecule has 1 atom stereocenters. The number of nitrogens with one attached hydrogen (secondary N) is 2. The van der Waals surface area contributed by atoms with Crippen LogP contribution in [0.5, 0.6) is 0 Å². The summed E-state index contributed by atoms with van der Waals surface area (Å²) in [7, 11) is 0. The average Bonchev–Trinajstić information content (AvgIpc) is 3.06. The number of halogens is 2. The molecule has 0 bridgehead atoms. The lowest BCUT2D eigenvalue weighted by Gasteiger charge is -2.21. The van der Waals surface area contributed by atoms with Gasteiger partial charge in [-0.3, -0.25) is 4.79 Å². The lowest BCUT2D eigenvalue weighted by Crippen LogP contribution is -2.27. The van der Waals surface area contributed by atoms with E-state index in [-0.39, 0.29) is 30.7 Å². The predicted octanol–water partition coefficient (Wildman–Crippen LogP) is 2.89. The Bertz CT molecular complexity index is 464. The zero-order valence-corrected chi connectivity index (χ0v) is 16.2. The molecule has 1 amide bonds. The van der Waals surface area contributed by atoms with Crippen LogP contribution in [-0.4, -0.2) is 43.6 Å². The van der Waals surface area contributed by atoms with Gasteiger partial charge in [0.1, 0.15) is 5.82 Å². The maximum atomic E-state index is 12.1. The predicted molar refractivity (Wildman–Crippen MR) is 105 cm³/mol. The SMILES string of the molecule is CCCN(CC)c1ccc(C(=O)NCCC2CCNC2)cn1.Cl.Cl. The van der Waals surface area contributed by atoms with Crippen LogP contribution in [0.4, 0.5) is 5.82 Å². The van der Waals surface area contributed by atoms with E-state index in [4.69, 9.17) is 0 Å². The first kappa shape index (κ1) is 23.0. The molecule has 1 fully saturated rings. The summed E-state index contributed by atoms with van der Waals surface area (Å²) in [4.78, 5) is 18.8. The molecule has 0 radical (unpaired) electrons. The topological polar surface area (TPSA) is 57.3 Å². The highest BCUT2D eigenvalue weighted by molar-refractivity contribution is 5.94. The fraction of sp³-hybridized carbons (Fsp3) is 0.647. The van der Waals surface area contributed by atoms with Crippen molar-refractivity contribution in [3.63, 3.8) is 0 Å². The molecule has 24 heavy (non-hydrogen) atoms. The number of hydrogen-bond acceptors (Lipinski definition) is 4. The quantitative estimate of drug-likeness (QED) is 0.732. The van der Waals surface area contributed by atoms with E-state index in [1.807, 2.05) is 12.1 Å². The van der Waals surface area contributed by atoms with Crippen LogP contribution < -0.4 is 15.5 Å². The molecule has 0 spiro atoms. The van der Waals surface area contributed by atoms with Crippen LogP contribution in [0.2, 0.25) is 0 Å². The first-order valence-corrected chi connectivity index (χ1v) is 8.44. The summed E-state index contributed by atoms with van der Waals surface area (Å²) in [5, 5.41) is 6.34. The van der Waals surface area contributed by atoms with Crippen molar-refractivity contribution >= 4 is 36.5 Å². The van der Waals surface area contributed by atoms with Gasteiger partial charge in [-0.25, -0.2) is 4.98 Å². The average molecular weight is 377 g/mol. The molecule has 1 aromatic heterocycles. The maximum absolute atomic E-state index is 12.1. The second-order valence-electron chi connectivity index (χ2n) is 5.89. The van der Waals surface area contributed by atoms with Gasteiger partial charge in [-0.1, -0.05) is 6.92 Å². The molecule has 2 heterocycles. The van der Waals surface area contributed by atoms with E-state index < -0.39 is 0 Å². The van der Waals surface area contributed by atoms with E-state index in [1.165, 1.54) is 6.42 Å². The van der Waals surface area contributed by atoms with E-state index in [2.05, 4.69) is 34.4 Å². The van der Waals surface area contributed by atoms with Gasteiger partial charge in [0.15, 0.2) is 0 Å². The lowest BCUT2D eigenvalue weighted by molar-refractivity contribution is 0.0951. The van der Waals surface area contributed by atoms with Crippen molar-refractivity contribution in [1.82, 2.24) is 15.6 Å². The number of carbonyl (C=O) groups excluding carboxylic acids is 1. The molecule has 1 aliphatic rings. The number of anilines is 1. The molecule has 1 saturated heterocycles. The third kappa shape index (κ3) is 6.83. The highest BCUT2D eigenvalue weighted by atomic mass is 35.5. The Hall–Kier alpha value is -1.04. The Morgan fingerprint density at radius 2 is 2.17 bits per heavy atom. The minimum absolute atomic E-state index is 0. The summed E-state index contributed by atoms with van der Waals surface area (Å²) in [5.41, 5.74) is 0.640. The third-order valence-electron chi connectivity index (χ3n) is 4.21. The van der Waals surface area contributed by atoms with E-state index in [0.717, 1.165) is 51.4 Å². The Labute approximate surface area is 157 Å². The summed E-state index contributed by atoms with van der Waals surface area (Å²) in [5.74, 6) is 1.62. The molecule has 5 nitrogen and oxygen atoms in total. The number of amides is 1. The van der Waals surface area contributed by atoms with Gasteiger partial charge in [-0.15, -0.1) is 24.8 Å². The molecule has 1 aliphatic heterocycles. The maximum Gasteiger partial charge on any atom is 0.252 e. The van der Waals surface area contributed by atoms with Gasteiger partial charge in [0.05, 0.1) is 5.56 Å². The summed E-state index contributed by atoms with van der Waals surface area (Å²) in [6, 6.07) is 3.81.